The summed E-state index contributed by atoms with van der Waals surface area (Å²) < 4.78 is 5.75. The molecule has 0 radical (unpaired) electrons. The third-order valence-electron chi connectivity index (χ3n) is 4.29. The van der Waals surface area contributed by atoms with Gasteiger partial charge in [0, 0.05) is 33.6 Å². The number of ether oxygens (including phenoxy) is 1. The van der Waals surface area contributed by atoms with Gasteiger partial charge < -0.3 is 14.5 Å². The number of amides is 2. The molecule has 1 heterocycles. The lowest BCUT2D eigenvalue weighted by molar-refractivity contribution is -0.137. The molecule has 0 aromatic heterocycles. The van der Waals surface area contributed by atoms with Gasteiger partial charge in [-0.25, -0.2) is 0 Å². The minimum Gasteiger partial charge on any atom is -0.481 e. The molecule has 0 spiro atoms. The Balaban J connectivity index is 1.85. The molecule has 0 saturated carbocycles. The molecule has 1 aromatic carbocycles. The van der Waals surface area contributed by atoms with Gasteiger partial charge in [0.15, 0.2) is 6.10 Å². The van der Waals surface area contributed by atoms with Gasteiger partial charge >= 0.3 is 0 Å². The maximum Gasteiger partial charge on any atom is 0.263 e. The van der Waals surface area contributed by atoms with Crippen molar-refractivity contribution in [1.82, 2.24) is 9.80 Å². The van der Waals surface area contributed by atoms with E-state index in [1.807, 2.05) is 36.1 Å². The number of carbonyl (C=O) groups is 2. The van der Waals surface area contributed by atoms with Gasteiger partial charge in [-0.3, -0.25) is 9.59 Å². The van der Waals surface area contributed by atoms with Crippen LogP contribution in [0.15, 0.2) is 24.3 Å². The Morgan fingerprint density at radius 3 is 2.78 bits per heavy atom. The first-order valence-electron chi connectivity index (χ1n) is 8.10. The van der Waals surface area contributed by atoms with Gasteiger partial charge in [-0.05, 0) is 43.9 Å². The number of hydrogen-bond donors (Lipinski definition) is 0. The first-order valence-corrected chi connectivity index (χ1v) is 8.10. The van der Waals surface area contributed by atoms with E-state index < -0.39 is 6.10 Å². The number of likely N-dealkylation sites (N-methyl/N-ethyl adjacent to an activating group) is 1. The molecule has 2 amide bonds. The average Bonchev–Trinajstić information content (AvgIpc) is 2.95. The van der Waals surface area contributed by atoms with Gasteiger partial charge in [0.1, 0.15) is 5.75 Å². The summed E-state index contributed by atoms with van der Waals surface area (Å²) in [5.74, 6) is 1.13. The summed E-state index contributed by atoms with van der Waals surface area (Å²) in [7, 11) is 1.80. The molecular formula is C18H26N2O3. The summed E-state index contributed by atoms with van der Waals surface area (Å²) in [5.41, 5.74) is 1.10. The molecule has 126 valence electrons. The van der Waals surface area contributed by atoms with Crippen molar-refractivity contribution < 1.29 is 14.3 Å². The zero-order valence-corrected chi connectivity index (χ0v) is 14.4. The van der Waals surface area contributed by atoms with E-state index in [4.69, 9.17) is 4.74 Å². The number of rotatable bonds is 5. The van der Waals surface area contributed by atoms with E-state index in [0.717, 1.165) is 25.1 Å². The molecule has 0 unspecified atom stereocenters. The van der Waals surface area contributed by atoms with Crippen molar-refractivity contribution in [3.8, 4) is 5.75 Å². The summed E-state index contributed by atoms with van der Waals surface area (Å²) in [6, 6.07) is 7.69. The molecule has 1 aliphatic rings. The van der Waals surface area contributed by atoms with Gasteiger partial charge in [0.05, 0.1) is 0 Å². The van der Waals surface area contributed by atoms with Crippen LogP contribution in [0.4, 0.5) is 0 Å². The van der Waals surface area contributed by atoms with Gasteiger partial charge in [-0.15, -0.1) is 0 Å². The molecule has 0 aliphatic carbocycles. The zero-order chi connectivity index (χ0) is 17.0. The van der Waals surface area contributed by atoms with Crippen molar-refractivity contribution >= 4 is 11.8 Å². The maximum absolute atomic E-state index is 12.5. The van der Waals surface area contributed by atoms with Crippen molar-refractivity contribution in [3.63, 3.8) is 0 Å². The Labute approximate surface area is 138 Å². The van der Waals surface area contributed by atoms with Crippen molar-refractivity contribution in [1.29, 1.82) is 0 Å². The molecule has 1 aromatic rings. The quantitative estimate of drug-likeness (QED) is 0.835. The van der Waals surface area contributed by atoms with E-state index >= 15 is 0 Å². The van der Waals surface area contributed by atoms with Crippen molar-refractivity contribution in [3.05, 3.63) is 29.8 Å². The molecule has 0 bridgehead atoms. The van der Waals surface area contributed by atoms with Crippen LogP contribution in [-0.4, -0.2) is 54.4 Å². The minimum atomic E-state index is -0.521. The number of carbonyl (C=O) groups excluding carboxylic acids is 2. The van der Waals surface area contributed by atoms with Gasteiger partial charge in [-0.2, -0.15) is 0 Å². The van der Waals surface area contributed by atoms with Crippen LogP contribution in [0.2, 0.25) is 0 Å². The Hall–Kier alpha value is -2.04. The number of benzene rings is 1. The van der Waals surface area contributed by atoms with Crippen molar-refractivity contribution in [2.45, 2.75) is 33.3 Å². The molecule has 5 heteroatoms. The Morgan fingerprint density at radius 2 is 2.17 bits per heavy atom. The third-order valence-corrected chi connectivity index (χ3v) is 4.29. The summed E-state index contributed by atoms with van der Waals surface area (Å²) in [6.45, 7) is 7.54. The van der Waals surface area contributed by atoms with Crippen LogP contribution in [-0.2, 0) is 9.59 Å². The first-order chi connectivity index (χ1) is 10.9. The molecule has 2 rings (SSSR count). The minimum absolute atomic E-state index is 0.0345. The highest BCUT2D eigenvalue weighted by Crippen LogP contribution is 2.18. The number of likely N-dealkylation sites (tertiary alicyclic amines) is 1. The van der Waals surface area contributed by atoms with E-state index in [-0.39, 0.29) is 11.8 Å². The average molecular weight is 318 g/mol. The molecular weight excluding hydrogens is 292 g/mol. The summed E-state index contributed by atoms with van der Waals surface area (Å²) >= 11 is 0. The summed E-state index contributed by atoms with van der Waals surface area (Å²) in [5, 5.41) is 0. The van der Waals surface area contributed by atoms with Crippen LogP contribution in [0.3, 0.4) is 0 Å². The van der Waals surface area contributed by atoms with E-state index in [0.29, 0.717) is 18.2 Å². The second-order valence-electron chi connectivity index (χ2n) is 6.42. The van der Waals surface area contributed by atoms with Gasteiger partial charge in [0.25, 0.3) is 5.91 Å². The first kappa shape index (κ1) is 17.3. The predicted octanol–water partition coefficient (Wildman–Crippen LogP) is 2.09. The fourth-order valence-corrected chi connectivity index (χ4v) is 3.00. The largest absolute Gasteiger partial charge is 0.481 e. The topological polar surface area (TPSA) is 49.9 Å². The monoisotopic (exact) mass is 318 g/mol. The normalized spacial score (nSPS) is 18.6. The van der Waals surface area contributed by atoms with E-state index in [9.17, 15) is 9.59 Å². The highest BCUT2D eigenvalue weighted by atomic mass is 16.5. The fourth-order valence-electron chi connectivity index (χ4n) is 3.00. The molecule has 1 aliphatic heterocycles. The lowest BCUT2D eigenvalue weighted by Gasteiger charge is -2.25. The molecule has 2 atom stereocenters. The SMILES string of the molecule is CC(=O)N1CC[C@H](CN(C)C(=O)[C@@H](C)Oc2cccc(C)c2)C1. The third kappa shape index (κ3) is 4.71. The fraction of sp³-hybridized carbons (Fsp3) is 0.556. The van der Waals surface area contributed by atoms with Crippen LogP contribution in [0.25, 0.3) is 0 Å². The summed E-state index contributed by atoms with van der Waals surface area (Å²) in [6.07, 6.45) is 0.428. The van der Waals surface area contributed by atoms with Crippen LogP contribution in [0, 0.1) is 12.8 Å². The molecule has 0 N–H and O–H groups in total. The van der Waals surface area contributed by atoms with Crippen molar-refractivity contribution in [2.24, 2.45) is 5.92 Å². The molecule has 1 saturated heterocycles. The number of nitrogens with zero attached hydrogens (tertiary/aromatic N) is 2. The maximum atomic E-state index is 12.5. The number of hydrogen-bond acceptors (Lipinski definition) is 3. The van der Waals surface area contributed by atoms with E-state index in [1.165, 1.54) is 0 Å². The standard InChI is InChI=1S/C18H26N2O3/c1-13-6-5-7-17(10-13)23-14(2)18(22)19(4)11-16-8-9-20(12-16)15(3)21/h5-7,10,14,16H,8-9,11-12H2,1-4H3/t14-,16-/m1/s1. The second kappa shape index (κ2) is 7.49. The smallest absolute Gasteiger partial charge is 0.263 e. The molecule has 1 fully saturated rings. The van der Waals surface area contributed by atoms with Crippen LogP contribution < -0.4 is 4.74 Å². The Bertz CT molecular complexity index is 573. The highest BCUT2D eigenvalue weighted by molar-refractivity contribution is 5.80. The molecule has 23 heavy (non-hydrogen) atoms. The highest BCUT2D eigenvalue weighted by Gasteiger charge is 2.28. The molecule has 5 nitrogen and oxygen atoms in total. The predicted molar refractivity (Wildman–Crippen MR) is 89.3 cm³/mol. The van der Waals surface area contributed by atoms with Crippen LogP contribution in [0.5, 0.6) is 5.75 Å². The van der Waals surface area contributed by atoms with Gasteiger partial charge in [-0.1, -0.05) is 12.1 Å². The Kier molecular flexibility index (Phi) is 5.64. The van der Waals surface area contributed by atoms with E-state index in [1.54, 1.807) is 25.8 Å². The number of aryl methyl sites for hydroxylation is 1. The van der Waals surface area contributed by atoms with E-state index in [2.05, 4.69) is 0 Å². The van der Waals surface area contributed by atoms with Crippen molar-refractivity contribution in [2.75, 3.05) is 26.7 Å². The lowest BCUT2D eigenvalue weighted by atomic mass is 10.1. The summed E-state index contributed by atoms with van der Waals surface area (Å²) in [4.78, 5) is 27.4. The van der Waals surface area contributed by atoms with Crippen LogP contribution >= 0.6 is 0 Å². The van der Waals surface area contributed by atoms with Gasteiger partial charge in [0.2, 0.25) is 5.91 Å². The Morgan fingerprint density at radius 1 is 1.43 bits per heavy atom. The lowest BCUT2D eigenvalue weighted by Crippen LogP contribution is -2.41. The zero-order valence-electron chi connectivity index (χ0n) is 14.4. The second-order valence-corrected chi connectivity index (χ2v) is 6.42. The van der Waals surface area contributed by atoms with Crippen LogP contribution in [0.1, 0.15) is 25.8 Å².